The molecule has 0 bridgehead atoms. The first-order valence-corrected chi connectivity index (χ1v) is 5.95. The Kier molecular flexibility index (Phi) is 4.73. The predicted molar refractivity (Wildman–Crippen MR) is 64.5 cm³/mol. The van der Waals surface area contributed by atoms with E-state index in [4.69, 9.17) is 0 Å². The third-order valence-electron chi connectivity index (χ3n) is 2.28. The molecule has 0 radical (unpaired) electrons. The van der Waals surface area contributed by atoms with Crippen LogP contribution in [-0.2, 0) is 0 Å². The van der Waals surface area contributed by atoms with Gasteiger partial charge in [-0.1, -0.05) is 0 Å². The summed E-state index contributed by atoms with van der Waals surface area (Å²) >= 11 is 2.87. The zero-order chi connectivity index (χ0) is 11.3. The van der Waals surface area contributed by atoms with Crippen LogP contribution in [0.5, 0.6) is 0 Å². The van der Waals surface area contributed by atoms with Crippen LogP contribution >= 0.6 is 0 Å². The van der Waals surface area contributed by atoms with Crippen LogP contribution in [0.2, 0.25) is 0 Å². The Balaban J connectivity index is 2.82. The molecule has 0 aromatic heterocycles. The normalized spacial score (nSPS) is 9.73. The Labute approximate surface area is 98.6 Å². The topological polar surface area (TPSA) is 20.3 Å². The number of nitrogens with zero attached hydrogens (tertiary/aromatic N) is 1. The minimum absolute atomic E-state index is 0.0688. The van der Waals surface area contributed by atoms with Gasteiger partial charge in [0.2, 0.25) is 0 Å². The van der Waals surface area contributed by atoms with Crippen molar-refractivity contribution in [3.63, 3.8) is 0 Å². The molecule has 3 heteroatoms. The number of benzene rings is 1. The number of carbonyl (C=O) groups excluding carboxylic acids is 1. The van der Waals surface area contributed by atoms with Gasteiger partial charge in [0.1, 0.15) is 0 Å². The number of Topliss-reactive ketones (excluding diaryl/α,β-unsaturated/α-hetero) is 1. The summed E-state index contributed by atoms with van der Waals surface area (Å²) in [5.41, 5.74) is 0.734. The van der Waals surface area contributed by atoms with Crippen molar-refractivity contribution >= 4 is 25.9 Å². The van der Waals surface area contributed by atoms with E-state index in [1.54, 1.807) is 0 Å². The van der Waals surface area contributed by atoms with Crippen LogP contribution in [0.15, 0.2) is 30.3 Å². The van der Waals surface area contributed by atoms with Crippen molar-refractivity contribution in [1.82, 2.24) is 4.90 Å². The summed E-state index contributed by atoms with van der Waals surface area (Å²) in [6.45, 7) is 5.77. The molecule has 0 saturated heterocycles. The monoisotopic (exact) mass is 269 g/mol. The van der Waals surface area contributed by atoms with Gasteiger partial charge in [0, 0.05) is 0 Å². The van der Waals surface area contributed by atoms with Crippen molar-refractivity contribution < 1.29 is 4.79 Å². The van der Waals surface area contributed by atoms with Gasteiger partial charge in [-0.05, 0) is 0 Å². The fourth-order valence-electron chi connectivity index (χ4n) is 1.37. The molecule has 0 fully saturated rings. The molecule has 0 aliphatic rings. The van der Waals surface area contributed by atoms with E-state index in [9.17, 15) is 4.79 Å². The number of hydrogen-bond acceptors (Lipinski definition) is 2. The molecular formula is C12H15NOSe. The van der Waals surface area contributed by atoms with E-state index in [1.165, 1.54) is 0 Å². The van der Waals surface area contributed by atoms with E-state index in [-0.39, 0.29) is 5.78 Å². The zero-order valence-corrected chi connectivity index (χ0v) is 10.8. The molecule has 0 atom stereocenters. The van der Waals surface area contributed by atoms with Crippen LogP contribution in [0.3, 0.4) is 0 Å². The molecule has 0 saturated carbocycles. The average molecular weight is 268 g/mol. The first-order chi connectivity index (χ1) is 7.20. The van der Waals surface area contributed by atoms with Crippen LogP contribution < -0.4 is 0 Å². The SMILES string of the molecule is CCN(CC)C(=[Se])C(=O)c1ccccc1. The van der Waals surface area contributed by atoms with E-state index in [0.29, 0.717) is 4.54 Å². The average Bonchev–Trinajstić information content (AvgIpc) is 2.30. The summed E-state index contributed by atoms with van der Waals surface area (Å²) in [4.78, 5) is 14.0. The summed E-state index contributed by atoms with van der Waals surface area (Å²) in [5, 5.41) is 0. The number of likely N-dealkylation sites (N-methyl/N-ethyl adjacent to an activating group) is 1. The van der Waals surface area contributed by atoms with Crippen LogP contribution in [0.25, 0.3) is 0 Å². The molecule has 0 spiro atoms. The van der Waals surface area contributed by atoms with Gasteiger partial charge in [-0.15, -0.1) is 0 Å². The Morgan fingerprint density at radius 1 is 1.20 bits per heavy atom. The van der Waals surface area contributed by atoms with Gasteiger partial charge in [0.15, 0.2) is 0 Å². The number of rotatable bonds is 5. The van der Waals surface area contributed by atoms with Gasteiger partial charge in [-0.3, -0.25) is 0 Å². The van der Waals surface area contributed by atoms with Crippen molar-refractivity contribution in [2.75, 3.05) is 13.1 Å². The maximum absolute atomic E-state index is 12.0. The number of hydrogen-bond donors (Lipinski definition) is 0. The maximum atomic E-state index is 12.0. The van der Waals surface area contributed by atoms with Gasteiger partial charge in [-0.2, -0.15) is 0 Å². The standard InChI is InChI=1S/C12H15NOSe/c1-3-13(4-2)12(15)11(14)10-8-6-5-7-9-10/h5-9H,3-4H2,1-2H3. The Hall–Kier alpha value is -0.921. The molecule has 0 amide bonds. The van der Waals surface area contributed by atoms with E-state index in [2.05, 4.69) is 15.6 Å². The van der Waals surface area contributed by atoms with Gasteiger partial charge in [-0.25, -0.2) is 0 Å². The Bertz CT molecular complexity index is 344. The van der Waals surface area contributed by atoms with Crippen LogP contribution in [0.1, 0.15) is 24.2 Å². The first kappa shape index (κ1) is 12.2. The summed E-state index contributed by atoms with van der Waals surface area (Å²) in [7, 11) is 0. The molecular weight excluding hydrogens is 253 g/mol. The van der Waals surface area contributed by atoms with Crippen molar-refractivity contribution in [1.29, 1.82) is 0 Å². The summed E-state index contributed by atoms with van der Waals surface area (Å²) in [5.74, 6) is 0.0688. The van der Waals surface area contributed by atoms with Crippen molar-refractivity contribution in [3.05, 3.63) is 35.9 Å². The summed E-state index contributed by atoms with van der Waals surface area (Å²) < 4.78 is 0.700. The van der Waals surface area contributed by atoms with Crippen molar-refractivity contribution in [3.8, 4) is 0 Å². The molecule has 0 heterocycles. The summed E-state index contributed by atoms with van der Waals surface area (Å²) in [6, 6.07) is 9.34. The third-order valence-corrected chi connectivity index (χ3v) is 3.21. The minimum atomic E-state index is 0.0688. The molecule has 1 aromatic carbocycles. The third kappa shape index (κ3) is 3.01. The van der Waals surface area contributed by atoms with Crippen LogP contribution in [-0.4, -0.2) is 43.9 Å². The van der Waals surface area contributed by atoms with Crippen molar-refractivity contribution in [2.45, 2.75) is 13.8 Å². The molecule has 0 unspecified atom stereocenters. The molecule has 2 nitrogen and oxygen atoms in total. The van der Waals surface area contributed by atoms with E-state index >= 15 is 0 Å². The molecule has 0 aliphatic heterocycles. The van der Waals surface area contributed by atoms with Gasteiger partial charge in [0.05, 0.1) is 0 Å². The number of ketones is 1. The van der Waals surface area contributed by atoms with Crippen molar-refractivity contribution in [2.24, 2.45) is 0 Å². The second-order valence-electron chi connectivity index (χ2n) is 3.17. The molecule has 0 N–H and O–H groups in total. The second-order valence-corrected chi connectivity index (χ2v) is 3.98. The fourth-order valence-corrected chi connectivity index (χ4v) is 2.16. The first-order valence-electron chi connectivity index (χ1n) is 5.09. The molecule has 1 rings (SSSR count). The Morgan fingerprint density at radius 3 is 2.20 bits per heavy atom. The number of carbonyl (C=O) groups is 1. The van der Waals surface area contributed by atoms with Gasteiger partial charge >= 0.3 is 98.4 Å². The quantitative estimate of drug-likeness (QED) is 0.596. The molecule has 1 aromatic rings. The Morgan fingerprint density at radius 2 is 1.73 bits per heavy atom. The van der Waals surface area contributed by atoms with E-state index in [1.807, 2.05) is 49.1 Å². The molecule has 15 heavy (non-hydrogen) atoms. The van der Waals surface area contributed by atoms with E-state index in [0.717, 1.165) is 18.7 Å². The zero-order valence-electron chi connectivity index (χ0n) is 9.06. The van der Waals surface area contributed by atoms with Gasteiger partial charge in [0.25, 0.3) is 0 Å². The summed E-state index contributed by atoms with van der Waals surface area (Å²) in [6.07, 6.45) is 0. The fraction of sp³-hybridized carbons (Fsp3) is 0.333. The van der Waals surface area contributed by atoms with E-state index < -0.39 is 0 Å². The second kappa shape index (κ2) is 5.84. The molecule has 0 aliphatic carbocycles. The van der Waals surface area contributed by atoms with Crippen LogP contribution in [0, 0.1) is 0 Å². The molecule has 80 valence electrons. The predicted octanol–water partition coefficient (Wildman–Crippen LogP) is 1.51. The van der Waals surface area contributed by atoms with Gasteiger partial charge < -0.3 is 0 Å². The van der Waals surface area contributed by atoms with Crippen LogP contribution in [0.4, 0.5) is 0 Å².